The van der Waals surface area contributed by atoms with Gasteiger partial charge in [0.05, 0.1) is 11.4 Å². The van der Waals surface area contributed by atoms with E-state index in [1.54, 1.807) is 24.4 Å². The van der Waals surface area contributed by atoms with E-state index in [0.717, 1.165) is 11.3 Å². The molecule has 0 saturated heterocycles. The molecule has 174 valence electrons. The zero-order valence-corrected chi connectivity index (χ0v) is 20.1. The molecule has 0 bridgehead atoms. The van der Waals surface area contributed by atoms with Crippen LogP contribution >= 0.6 is 11.6 Å². The molecular weight excluding hydrogens is 474 g/mol. The quantitative estimate of drug-likeness (QED) is 0.356. The van der Waals surface area contributed by atoms with Crippen LogP contribution in [0.15, 0.2) is 99.5 Å². The third-order valence-electron chi connectivity index (χ3n) is 5.15. The number of amides is 1. The maximum Gasteiger partial charge on any atom is 0.295 e. The molecule has 0 fully saturated rings. The van der Waals surface area contributed by atoms with E-state index >= 15 is 0 Å². The molecule has 4 aromatic rings. The molecule has 0 radical (unpaired) electrons. The van der Waals surface area contributed by atoms with Crippen LogP contribution in [0.5, 0.6) is 0 Å². The summed E-state index contributed by atoms with van der Waals surface area (Å²) >= 11 is 5.86. The zero-order valence-electron chi connectivity index (χ0n) is 18.6. The average molecular weight is 496 g/mol. The van der Waals surface area contributed by atoms with Gasteiger partial charge < -0.3 is 9.32 Å². The second-order valence-corrected chi connectivity index (χ2v) is 10.0. The van der Waals surface area contributed by atoms with Gasteiger partial charge in [0.25, 0.3) is 5.91 Å². The maximum atomic E-state index is 13.4. The third-order valence-corrected chi connectivity index (χ3v) is 7.04. The average Bonchev–Trinajstić information content (AvgIpc) is 3.35. The van der Waals surface area contributed by atoms with Crippen LogP contribution in [-0.2, 0) is 16.4 Å². The molecule has 0 saturated carbocycles. The number of benzene rings is 2. The van der Waals surface area contributed by atoms with E-state index in [1.165, 1.54) is 41.3 Å². The van der Waals surface area contributed by atoms with Crippen molar-refractivity contribution in [2.24, 2.45) is 0 Å². The fraction of sp³-hybridized carbons (Fsp3) is 0.120. The Kier molecular flexibility index (Phi) is 6.72. The number of aromatic nitrogens is 1. The van der Waals surface area contributed by atoms with Crippen LogP contribution in [-0.4, -0.2) is 33.4 Å². The highest BCUT2D eigenvalue weighted by Crippen LogP contribution is 2.26. The summed E-state index contributed by atoms with van der Waals surface area (Å²) in [5.41, 5.74) is 1.91. The summed E-state index contributed by atoms with van der Waals surface area (Å²) in [4.78, 5) is 21.2. The lowest BCUT2D eigenvalue weighted by atomic mass is 10.1. The first-order chi connectivity index (χ1) is 16.3. The highest BCUT2D eigenvalue weighted by molar-refractivity contribution is 7.91. The number of rotatable bonds is 7. The topological polar surface area (TPSA) is 83.7 Å². The molecule has 1 amide bonds. The van der Waals surface area contributed by atoms with Crippen molar-refractivity contribution >= 4 is 38.9 Å². The van der Waals surface area contributed by atoms with Gasteiger partial charge in [-0.3, -0.25) is 9.69 Å². The largest absolute Gasteiger partial charge is 0.439 e. The highest BCUT2D eigenvalue weighted by atomic mass is 35.5. The van der Waals surface area contributed by atoms with Crippen molar-refractivity contribution in [1.82, 2.24) is 4.98 Å². The molecule has 2 heterocycles. The Bertz CT molecular complexity index is 1380. The number of pyridine rings is 1. The van der Waals surface area contributed by atoms with Gasteiger partial charge >= 0.3 is 0 Å². The van der Waals surface area contributed by atoms with E-state index < -0.39 is 15.7 Å². The molecule has 0 aliphatic carbocycles. The predicted octanol–water partition coefficient (Wildman–Crippen LogP) is 5.07. The van der Waals surface area contributed by atoms with E-state index in [4.69, 9.17) is 16.0 Å². The minimum absolute atomic E-state index is 0.0211. The van der Waals surface area contributed by atoms with Gasteiger partial charge in [0.2, 0.25) is 14.9 Å². The second-order valence-electron chi connectivity index (χ2n) is 7.72. The minimum Gasteiger partial charge on any atom is -0.439 e. The molecule has 7 nitrogen and oxygen atoms in total. The lowest BCUT2D eigenvalue weighted by molar-refractivity contribution is 0.0952. The van der Waals surface area contributed by atoms with Crippen LogP contribution in [0.1, 0.15) is 16.1 Å². The van der Waals surface area contributed by atoms with Crippen LogP contribution in [0, 0.1) is 0 Å². The number of hydrogen-bond acceptors (Lipinski definition) is 6. The van der Waals surface area contributed by atoms with E-state index in [1.807, 2.05) is 43.3 Å². The monoisotopic (exact) mass is 495 g/mol. The fourth-order valence-corrected chi connectivity index (χ4v) is 4.59. The van der Waals surface area contributed by atoms with E-state index in [9.17, 15) is 13.2 Å². The number of hydrogen-bond donors (Lipinski definition) is 0. The Morgan fingerprint density at radius 3 is 2.26 bits per heavy atom. The smallest absolute Gasteiger partial charge is 0.295 e. The third kappa shape index (κ3) is 4.98. The summed E-state index contributed by atoms with van der Waals surface area (Å²) in [6.07, 6.45) is 1.59. The first-order valence-corrected chi connectivity index (χ1v) is 12.2. The molecule has 0 unspecified atom stereocenters. The van der Waals surface area contributed by atoms with E-state index in [2.05, 4.69) is 4.98 Å². The Morgan fingerprint density at radius 1 is 0.941 bits per heavy atom. The van der Waals surface area contributed by atoms with Crippen molar-refractivity contribution in [1.29, 1.82) is 0 Å². The van der Waals surface area contributed by atoms with E-state index in [-0.39, 0.29) is 22.3 Å². The summed E-state index contributed by atoms with van der Waals surface area (Å²) in [7, 11) is -0.0475. The van der Waals surface area contributed by atoms with Crippen molar-refractivity contribution in [3.63, 3.8) is 0 Å². The molecule has 0 aliphatic heterocycles. The first kappa shape index (κ1) is 23.5. The summed E-state index contributed by atoms with van der Waals surface area (Å²) in [6.45, 7) is 0.226. The molecule has 0 aliphatic rings. The van der Waals surface area contributed by atoms with Crippen LogP contribution in [0.3, 0.4) is 0 Å². The molecule has 0 spiro atoms. The number of carbonyl (C=O) groups excluding carboxylic acids is 1. The number of sulfone groups is 1. The van der Waals surface area contributed by atoms with Gasteiger partial charge in [-0.2, -0.15) is 0 Å². The van der Waals surface area contributed by atoms with E-state index in [0.29, 0.717) is 10.8 Å². The second kappa shape index (κ2) is 9.70. The molecule has 34 heavy (non-hydrogen) atoms. The predicted molar refractivity (Wildman–Crippen MR) is 131 cm³/mol. The highest BCUT2D eigenvalue weighted by Gasteiger charge is 2.27. The summed E-state index contributed by atoms with van der Waals surface area (Å²) in [6, 6.07) is 21.4. The van der Waals surface area contributed by atoms with Crippen LogP contribution in [0.4, 0.5) is 11.5 Å². The van der Waals surface area contributed by atoms with Gasteiger partial charge in [-0.25, -0.2) is 13.4 Å². The molecular formula is C25H22ClN3O4S. The van der Waals surface area contributed by atoms with Crippen LogP contribution in [0.25, 0.3) is 0 Å². The Balaban J connectivity index is 1.65. The van der Waals surface area contributed by atoms with Gasteiger partial charge in [-0.05, 0) is 66.2 Å². The van der Waals surface area contributed by atoms with Crippen molar-refractivity contribution in [3.8, 4) is 0 Å². The van der Waals surface area contributed by atoms with Gasteiger partial charge in [-0.15, -0.1) is 0 Å². The van der Waals surface area contributed by atoms with Crippen molar-refractivity contribution in [2.75, 3.05) is 23.9 Å². The van der Waals surface area contributed by atoms with Crippen molar-refractivity contribution in [2.45, 2.75) is 16.5 Å². The summed E-state index contributed by atoms with van der Waals surface area (Å²) < 4.78 is 31.4. The fourth-order valence-electron chi connectivity index (χ4n) is 3.29. The molecule has 0 N–H and O–H groups in total. The van der Waals surface area contributed by atoms with Gasteiger partial charge in [0, 0.05) is 31.0 Å². The summed E-state index contributed by atoms with van der Waals surface area (Å²) in [5, 5.41) is 0.0911. The lowest BCUT2D eigenvalue weighted by Gasteiger charge is -2.21. The Labute approximate surface area is 203 Å². The number of anilines is 2. The van der Waals surface area contributed by atoms with Gasteiger partial charge in [0.15, 0.2) is 5.76 Å². The van der Waals surface area contributed by atoms with Crippen molar-refractivity contribution < 1.29 is 17.6 Å². The van der Waals surface area contributed by atoms with Crippen LogP contribution < -0.4 is 9.80 Å². The molecule has 4 rings (SSSR count). The molecule has 9 heteroatoms. The van der Waals surface area contributed by atoms with Gasteiger partial charge in [-0.1, -0.05) is 29.8 Å². The van der Waals surface area contributed by atoms with Crippen molar-refractivity contribution in [3.05, 3.63) is 101 Å². The minimum atomic E-state index is -3.95. The lowest BCUT2D eigenvalue weighted by Crippen LogP contribution is -2.30. The molecule has 2 aromatic heterocycles. The summed E-state index contributed by atoms with van der Waals surface area (Å²) in [5.74, 6) is -0.196. The normalized spacial score (nSPS) is 11.3. The Morgan fingerprint density at radius 2 is 1.65 bits per heavy atom. The first-order valence-electron chi connectivity index (χ1n) is 10.4. The Hall–Kier alpha value is -3.62. The standard InChI is InChI=1S/C25H22ClN3O4S/c1-28(2)20-10-6-18(7-11-20)17-29(23-5-3-4-16-27-23)25(30)22-14-15-24(33-22)34(31,32)21-12-8-19(26)9-13-21/h3-16H,17H2,1-2H3. The number of nitrogens with zero attached hydrogens (tertiary/aromatic N) is 3. The number of carbonyl (C=O) groups is 1. The maximum absolute atomic E-state index is 13.4. The SMILES string of the molecule is CN(C)c1ccc(CN(C(=O)c2ccc(S(=O)(=O)c3ccc(Cl)cc3)o2)c2ccccn2)cc1. The molecule has 2 aromatic carbocycles. The number of halogens is 1. The molecule has 0 atom stereocenters. The van der Waals surface area contributed by atoms with Gasteiger partial charge in [0.1, 0.15) is 5.82 Å². The van der Waals surface area contributed by atoms with Crippen LogP contribution in [0.2, 0.25) is 5.02 Å². The number of furan rings is 1. The zero-order chi connectivity index (χ0) is 24.3.